The topological polar surface area (TPSA) is 87.5 Å². The fourth-order valence-corrected chi connectivity index (χ4v) is 3.47. The molecule has 0 bridgehead atoms. The molecule has 3 rings (SSSR count). The molecule has 2 heterocycles. The Bertz CT molecular complexity index is 763. The van der Waals surface area contributed by atoms with E-state index in [0.29, 0.717) is 19.1 Å². The fraction of sp³-hybridized carbons (Fsp3) is 0.500. The van der Waals surface area contributed by atoms with E-state index in [1.165, 1.54) is 0 Å². The molecule has 0 radical (unpaired) electrons. The molecule has 1 aromatic carbocycles. The highest BCUT2D eigenvalue weighted by molar-refractivity contribution is 5.76. The third-order valence-corrected chi connectivity index (χ3v) is 4.72. The first kappa shape index (κ1) is 17.3. The molecule has 1 aliphatic rings. The van der Waals surface area contributed by atoms with Crippen LogP contribution in [0, 0.1) is 0 Å². The van der Waals surface area contributed by atoms with Crippen LogP contribution in [0.5, 0.6) is 0 Å². The minimum absolute atomic E-state index is 0.0525. The minimum Gasteiger partial charge on any atom is -0.481 e. The van der Waals surface area contributed by atoms with Gasteiger partial charge in [0.1, 0.15) is 5.82 Å². The van der Waals surface area contributed by atoms with Crippen LogP contribution >= 0.6 is 0 Å². The van der Waals surface area contributed by atoms with Crippen LogP contribution in [-0.2, 0) is 11.2 Å². The van der Waals surface area contributed by atoms with Crippen LogP contribution in [0.25, 0.3) is 11.0 Å². The summed E-state index contributed by atoms with van der Waals surface area (Å²) < 4.78 is 2.33. The van der Waals surface area contributed by atoms with Crippen molar-refractivity contribution < 1.29 is 14.7 Å². The number of imidazole rings is 1. The van der Waals surface area contributed by atoms with Gasteiger partial charge >= 0.3 is 12.0 Å². The van der Waals surface area contributed by atoms with Gasteiger partial charge in [0.25, 0.3) is 0 Å². The van der Waals surface area contributed by atoms with Crippen molar-refractivity contribution in [3.05, 3.63) is 30.1 Å². The second-order valence-corrected chi connectivity index (χ2v) is 6.33. The largest absolute Gasteiger partial charge is 0.481 e. The van der Waals surface area contributed by atoms with E-state index >= 15 is 0 Å². The molecule has 0 unspecified atom stereocenters. The van der Waals surface area contributed by atoms with Crippen LogP contribution in [-0.4, -0.2) is 51.2 Å². The average Bonchev–Trinajstić information content (AvgIpc) is 3.00. The minimum atomic E-state index is -0.905. The summed E-state index contributed by atoms with van der Waals surface area (Å²) in [6.07, 6.45) is 2.58. The van der Waals surface area contributed by atoms with Crippen LogP contribution in [0.4, 0.5) is 4.79 Å². The van der Waals surface area contributed by atoms with Crippen LogP contribution < -0.4 is 5.32 Å². The number of likely N-dealkylation sites (tertiary alicyclic amines) is 1. The van der Waals surface area contributed by atoms with Gasteiger partial charge in [0.2, 0.25) is 0 Å². The lowest BCUT2D eigenvalue weighted by molar-refractivity contribution is -0.136. The summed E-state index contributed by atoms with van der Waals surface area (Å²) in [5.41, 5.74) is 2.18. The molecule has 0 atom stereocenters. The van der Waals surface area contributed by atoms with E-state index < -0.39 is 5.97 Å². The number of fused-ring (bicyclic) bond motifs is 1. The van der Waals surface area contributed by atoms with Crippen LogP contribution in [0.2, 0.25) is 0 Å². The maximum Gasteiger partial charge on any atom is 0.317 e. The lowest BCUT2D eigenvalue weighted by atomic mass is 10.0. The van der Waals surface area contributed by atoms with Gasteiger partial charge in [0.15, 0.2) is 0 Å². The summed E-state index contributed by atoms with van der Waals surface area (Å²) in [4.78, 5) is 29.1. The molecule has 1 fully saturated rings. The number of carboxylic acids is 1. The number of piperidine rings is 1. The summed E-state index contributed by atoms with van der Waals surface area (Å²) in [6, 6.07) is 8.34. The first-order chi connectivity index (χ1) is 12.1. The van der Waals surface area contributed by atoms with Crippen molar-refractivity contribution in [2.24, 2.45) is 0 Å². The van der Waals surface area contributed by atoms with E-state index in [9.17, 15) is 9.59 Å². The molecule has 134 valence electrons. The number of hydrogen-bond acceptors (Lipinski definition) is 3. The van der Waals surface area contributed by atoms with E-state index in [1.807, 2.05) is 18.2 Å². The number of aromatic nitrogens is 2. The van der Waals surface area contributed by atoms with E-state index in [0.717, 1.165) is 36.1 Å². The molecular weight excluding hydrogens is 320 g/mol. The maximum absolute atomic E-state index is 12.1. The average molecular weight is 344 g/mol. The standard InChI is InChI=1S/C18H24N4O3/c1-2-16-20-14-5-3-4-6-15(14)22(16)13-8-11-21(12-9-13)18(25)19-10-7-17(23)24/h3-6,13H,2,7-12H2,1H3,(H,19,25)(H,23,24). The van der Waals surface area contributed by atoms with Crippen molar-refractivity contribution >= 4 is 23.0 Å². The lowest BCUT2D eigenvalue weighted by Crippen LogP contribution is -2.45. The van der Waals surface area contributed by atoms with E-state index in [2.05, 4.69) is 22.9 Å². The Labute approximate surface area is 146 Å². The van der Waals surface area contributed by atoms with Crippen molar-refractivity contribution in [1.29, 1.82) is 0 Å². The summed E-state index contributed by atoms with van der Waals surface area (Å²) in [6.45, 7) is 3.61. The monoisotopic (exact) mass is 344 g/mol. The molecule has 1 aliphatic heterocycles. The van der Waals surface area contributed by atoms with Gasteiger partial charge < -0.3 is 19.9 Å². The number of aliphatic carboxylic acids is 1. The van der Waals surface area contributed by atoms with E-state index in [-0.39, 0.29) is 19.0 Å². The van der Waals surface area contributed by atoms with Gasteiger partial charge in [0, 0.05) is 32.1 Å². The smallest absolute Gasteiger partial charge is 0.317 e. The van der Waals surface area contributed by atoms with Crippen LogP contribution in [0.1, 0.15) is 38.1 Å². The number of aryl methyl sites for hydroxylation is 1. The van der Waals surface area contributed by atoms with Crippen LogP contribution in [0.15, 0.2) is 24.3 Å². The highest BCUT2D eigenvalue weighted by Gasteiger charge is 2.26. The second kappa shape index (κ2) is 7.55. The van der Waals surface area contributed by atoms with Gasteiger partial charge in [-0.05, 0) is 25.0 Å². The van der Waals surface area contributed by atoms with E-state index in [1.54, 1.807) is 4.90 Å². The first-order valence-corrected chi connectivity index (χ1v) is 8.80. The Morgan fingerprint density at radius 3 is 2.68 bits per heavy atom. The number of rotatable bonds is 5. The van der Waals surface area contributed by atoms with Crippen LogP contribution in [0.3, 0.4) is 0 Å². The molecule has 25 heavy (non-hydrogen) atoms. The van der Waals surface area contributed by atoms with Gasteiger partial charge in [-0.1, -0.05) is 19.1 Å². The Balaban J connectivity index is 1.65. The Hall–Kier alpha value is -2.57. The van der Waals surface area contributed by atoms with Crippen molar-refractivity contribution in [2.75, 3.05) is 19.6 Å². The first-order valence-electron chi connectivity index (χ1n) is 8.80. The van der Waals surface area contributed by atoms with Gasteiger partial charge in [-0.2, -0.15) is 0 Å². The number of amides is 2. The number of benzene rings is 1. The molecule has 2 N–H and O–H groups in total. The predicted octanol–water partition coefficient (Wildman–Crippen LogP) is 2.42. The molecule has 7 heteroatoms. The number of carboxylic acid groups (broad SMARTS) is 1. The van der Waals surface area contributed by atoms with Gasteiger partial charge in [-0.3, -0.25) is 4.79 Å². The van der Waals surface area contributed by atoms with Crippen molar-refractivity contribution in [2.45, 2.75) is 38.6 Å². The van der Waals surface area contributed by atoms with Crippen molar-refractivity contribution in [3.8, 4) is 0 Å². The summed E-state index contributed by atoms with van der Waals surface area (Å²) in [5, 5.41) is 11.3. The SMILES string of the molecule is CCc1nc2ccccc2n1C1CCN(C(=O)NCCC(=O)O)CC1. The molecule has 0 spiro atoms. The molecule has 0 saturated carbocycles. The fourth-order valence-electron chi connectivity index (χ4n) is 3.47. The summed E-state index contributed by atoms with van der Waals surface area (Å²) in [7, 11) is 0. The van der Waals surface area contributed by atoms with Gasteiger partial charge in [-0.15, -0.1) is 0 Å². The summed E-state index contributed by atoms with van der Waals surface area (Å²) in [5.74, 6) is 0.184. The number of nitrogens with one attached hydrogen (secondary N) is 1. The number of carbonyl (C=O) groups is 2. The third kappa shape index (κ3) is 3.75. The number of para-hydroxylation sites is 2. The van der Waals surface area contributed by atoms with Gasteiger partial charge in [-0.25, -0.2) is 9.78 Å². The zero-order chi connectivity index (χ0) is 17.8. The maximum atomic E-state index is 12.1. The number of urea groups is 1. The van der Waals surface area contributed by atoms with E-state index in [4.69, 9.17) is 10.1 Å². The summed E-state index contributed by atoms with van der Waals surface area (Å²) >= 11 is 0. The zero-order valence-corrected chi connectivity index (χ0v) is 14.4. The molecule has 2 amide bonds. The van der Waals surface area contributed by atoms with Crippen molar-refractivity contribution in [3.63, 3.8) is 0 Å². The second-order valence-electron chi connectivity index (χ2n) is 6.33. The van der Waals surface area contributed by atoms with Crippen molar-refractivity contribution in [1.82, 2.24) is 19.8 Å². The molecule has 7 nitrogen and oxygen atoms in total. The molecule has 1 aromatic heterocycles. The Morgan fingerprint density at radius 2 is 2.00 bits per heavy atom. The zero-order valence-electron chi connectivity index (χ0n) is 14.4. The molecule has 2 aromatic rings. The quantitative estimate of drug-likeness (QED) is 0.872. The Morgan fingerprint density at radius 1 is 1.28 bits per heavy atom. The molecular formula is C18H24N4O3. The molecule has 0 aliphatic carbocycles. The normalized spacial score (nSPS) is 15.5. The lowest BCUT2D eigenvalue weighted by Gasteiger charge is -2.33. The highest BCUT2D eigenvalue weighted by Crippen LogP contribution is 2.29. The molecule has 1 saturated heterocycles. The number of nitrogens with zero attached hydrogens (tertiary/aromatic N) is 3. The predicted molar refractivity (Wildman–Crippen MR) is 94.6 cm³/mol. The number of hydrogen-bond donors (Lipinski definition) is 2. The number of carbonyl (C=O) groups excluding carboxylic acids is 1. The third-order valence-electron chi connectivity index (χ3n) is 4.72. The highest BCUT2D eigenvalue weighted by atomic mass is 16.4. The van der Waals surface area contributed by atoms with Gasteiger partial charge in [0.05, 0.1) is 17.5 Å². The Kier molecular flexibility index (Phi) is 5.21.